The maximum atomic E-state index is 12.9. The highest BCUT2D eigenvalue weighted by Crippen LogP contribution is 2.23. The van der Waals surface area contributed by atoms with Crippen molar-refractivity contribution in [2.75, 3.05) is 5.33 Å². The van der Waals surface area contributed by atoms with Crippen molar-refractivity contribution in [2.45, 2.75) is 0 Å². The predicted octanol–water partition coefficient (Wildman–Crippen LogP) is 3.31. The Kier molecular flexibility index (Phi) is 4.34. The average molecular weight is 283 g/mol. The van der Waals surface area contributed by atoms with Crippen molar-refractivity contribution in [1.29, 1.82) is 0 Å². The van der Waals surface area contributed by atoms with E-state index < -0.39 is 18.2 Å². The number of hydrogen-bond acceptors (Lipinski definition) is 3. The van der Waals surface area contributed by atoms with Gasteiger partial charge in [0.25, 0.3) is 12.4 Å². The molecule has 1 aromatic rings. The lowest BCUT2D eigenvalue weighted by Gasteiger charge is -2.02. The molecule has 0 fully saturated rings. The van der Waals surface area contributed by atoms with E-state index in [0.717, 1.165) is 12.1 Å². The molecule has 0 atom stereocenters. The van der Waals surface area contributed by atoms with Gasteiger partial charge in [0.1, 0.15) is 0 Å². The van der Waals surface area contributed by atoms with Crippen LogP contribution in [0.1, 0.15) is 10.4 Å². The highest BCUT2D eigenvalue weighted by Gasteiger charge is 2.10. The van der Waals surface area contributed by atoms with E-state index in [0.29, 0.717) is 0 Å². The Bertz CT molecular complexity index is 346. The third-order valence-electron chi connectivity index (χ3n) is 1.50. The van der Waals surface area contributed by atoms with Crippen molar-refractivity contribution in [2.24, 2.45) is 0 Å². The molecule has 0 N–H and O–H groups in total. The molecule has 1 aromatic carbocycles. The smallest absolute Gasteiger partial charge is 0.272 e. The van der Waals surface area contributed by atoms with Crippen molar-refractivity contribution in [3.8, 4) is 5.75 Å². The Morgan fingerprint density at radius 3 is 2.86 bits per heavy atom. The molecule has 0 bridgehead atoms. The van der Waals surface area contributed by atoms with Crippen LogP contribution in [-0.2, 0) is 0 Å². The van der Waals surface area contributed by atoms with Gasteiger partial charge >= 0.3 is 0 Å². The number of Topliss-reactive ketones (excluding diaryl/α,β-unsaturated/α-hetero) is 1. The summed E-state index contributed by atoms with van der Waals surface area (Å²) in [6.45, 7) is 0. The van der Waals surface area contributed by atoms with Gasteiger partial charge in [0.2, 0.25) is 0 Å². The van der Waals surface area contributed by atoms with E-state index in [4.69, 9.17) is 0 Å². The summed E-state index contributed by atoms with van der Waals surface area (Å²) < 4.78 is 28.9. The van der Waals surface area contributed by atoms with Crippen molar-refractivity contribution in [3.63, 3.8) is 0 Å². The van der Waals surface area contributed by atoms with Crippen LogP contribution in [0.4, 0.5) is 8.28 Å². The maximum Gasteiger partial charge on any atom is 0.272 e. The number of carbonyl (C=O) groups excluding carboxylic acids is 1. The first-order chi connectivity index (χ1) is 6.69. The number of alkyl halides is 1. The second kappa shape index (κ2) is 5.31. The van der Waals surface area contributed by atoms with Gasteiger partial charge in [-0.05, 0) is 18.2 Å². The predicted molar refractivity (Wildman–Crippen MR) is 53.9 cm³/mol. The molecule has 1 rings (SSSR count). The molecule has 0 spiro atoms. The average Bonchev–Trinajstić information content (AvgIpc) is 2.20. The van der Waals surface area contributed by atoms with Gasteiger partial charge in [-0.15, -0.1) is 3.89 Å². The maximum absolute atomic E-state index is 12.9. The second-order valence-corrected chi connectivity index (χ2v) is 3.20. The zero-order chi connectivity index (χ0) is 10.6. The zero-order valence-electron chi connectivity index (χ0n) is 6.80. The molecule has 76 valence electrons. The van der Waals surface area contributed by atoms with Crippen LogP contribution >= 0.6 is 28.4 Å². The van der Waals surface area contributed by atoms with Crippen LogP contribution in [0.15, 0.2) is 18.2 Å². The number of carbonyl (C=O) groups is 1. The SMILES string of the molecule is O=C(CBr)c1ccc(F)c(OSF)c1. The lowest BCUT2D eigenvalue weighted by Crippen LogP contribution is -2.00. The van der Waals surface area contributed by atoms with E-state index >= 15 is 0 Å². The Balaban J connectivity index is 2.99. The first kappa shape index (κ1) is 11.5. The first-order valence-electron chi connectivity index (χ1n) is 3.53. The molecular formula is C8H5BrF2O2S. The van der Waals surface area contributed by atoms with E-state index in [2.05, 4.69) is 20.1 Å². The molecule has 6 heteroatoms. The van der Waals surface area contributed by atoms with Gasteiger partial charge in [0, 0.05) is 5.56 Å². The minimum absolute atomic E-state index is 0.126. The first-order valence-corrected chi connectivity index (χ1v) is 5.29. The molecule has 0 unspecified atom stereocenters. The summed E-state index contributed by atoms with van der Waals surface area (Å²) >= 11 is 2.50. The van der Waals surface area contributed by atoms with Gasteiger partial charge in [-0.3, -0.25) is 4.79 Å². The molecule has 0 saturated carbocycles. The van der Waals surface area contributed by atoms with Gasteiger partial charge in [-0.25, -0.2) is 4.39 Å². The molecule has 2 nitrogen and oxygen atoms in total. The van der Waals surface area contributed by atoms with Crippen molar-refractivity contribution < 1.29 is 17.3 Å². The van der Waals surface area contributed by atoms with Gasteiger partial charge in [-0.2, -0.15) is 0 Å². The summed E-state index contributed by atoms with van der Waals surface area (Å²) in [5, 5.41) is 0.126. The van der Waals surface area contributed by atoms with Gasteiger partial charge in [0.05, 0.1) is 5.33 Å². The fraction of sp³-hybridized carbons (Fsp3) is 0.125. The van der Waals surface area contributed by atoms with E-state index in [1.165, 1.54) is 6.07 Å². The summed E-state index contributed by atoms with van der Waals surface area (Å²) in [5.74, 6) is -1.22. The second-order valence-electron chi connectivity index (χ2n) is 2.35. The van der Waals surface area contributed by atoms with E-state index in [-0.39, 0.29) is 22.4 Å². The Hall–Kier alpha value is -0.620. The summed E-state index contributed by atoms with van der Waals surface area (Å²) in [4.78, 5) is 11.2. The topological polar surface area (TPSA) is 26.3 Å². The number of hydrogen-bond donors (Lipinski definition) is 0. The fourth-order valence-corrected chi connectivity index (χ4v) is 1.37. The van der Waals surface area contributed by atoms with Crippen LogP contribution in [0.5, 0.6) is 5.75 Å². The van der Waals surface area contributed by atoms with E-state index in [1.54, 1.807) is 0 Å². The summed E-state index contributed by atoms with van der Waals surface area (Å²) in [6.07, 6.45) is 0. The van der Waals surface area contributed by atoms with Gasteiger partial charge in [-0.1, -0.05) is 15.9 Å². The molecule has 0 heterocycles. The molecule has 0 amide bonds. The number of halogens is 3. The van der Waals surface area contributed by atoms with Crippen molar-refractivity contribution in [3.05, 3.63) is 29.6 Å². The summed E-state index contributed by atoms with van der Waals surface area (Å²) in [7, 11) is 0. The largest absolute Gasteiger partial charge is 0.394 e. The number of benzene rings is 1. The molecule has 0 radical (unpaired) electrons. The zero-order valence-corrected chi connectivity index (χ0v) is 9.20. The van der Waals surface area contributed by atoms with Crippen molar-refractivity contribution >= 4 is 34.1 Å². The lowest BCUT2D eigenvalue weighted by atomic mass is 10.1. The molecular weight excluding hydrogens is 278 g/mol. The molecule has 0 saturated heterocycles. The minimum Gasteiger partial charge on any atom is -0.394 e. The Morgan fingerprint density at radius 1 is 1.57 bits per heavy atom. The summed E-state index contributed by atoms with van der Waals surface area (Å²) in [5.41, 5.74) is 0.271. The molecule has 14 heavy (non-hydrogen) atoms. The quantitative estimate of drug-likeness (QED) is 0.481. The Morgan fingerprint density at radius 2 is 2.29 bits per heavy atom. The lowest BCUT2D eigenvalue weighted by molar-refractivity contribution is 0.102. The molecule has 0 aliphatic rings. The Labute approximate surface area is 92.3 Å². The van der Waals surface area contributed by atoms with E-state index in [1.807, 2.05) is 0 Å². The van der Waals surface area contributed by atoms with Gasteiger partial charge in [0.15, 0.2) is 17.3 Å². The van der Waals surface area contributed by atoms with Crippen LogP contribution in [0.2, 0.25) is 0 Å². The summed E-state index contributed by atoms with van der Waals surface area (Å²) in [6, 6.07) is 3.53. The number of rotatable bonds is 4. The highest BCUT2D eigenvalue weighted by atomic mass is 79.9. The number of ketones is 1. The normalized spacial score (nSPS) is 9.93. The monoisotopic (exact) mass is 282 g/mol. The highest BCUT2D eigenvalue weighted by molar-refractivity contribution is 9.09. The molecule has 0 aliphatic heterocycles. The van der Waals surface area contributed by atoms with Crippen LogP contribution < -0.4 is 4.18 Å². The van der Waals surface area contributed by atoms with Gasteiger partial charge < -0.3 is 4.18 Å². The van der Waals surface area contributed by atoms with Crippen LogP contribution in [0.25, 0.3) is 0 Å². The third-order valence-corrected chi connectivity index (χ3v) is 2.25. The van der Waals surface area contributed by atoms with Crippen molar-refractivity contribution in [1.82, 2.24) is 0 Å². The van der Waals surface area contributed by atoms with E-state index in [9.17, 15) is 13.1 Å². The molecule has 0 aliphatic carbocycles. The minimum atomic E-state index is -0.707. The van der Waals surface area contributed by atoms with Crippen LogP contribution in [-0.4, -0.2) is 11.1 Å². The van der Waals surface area contributed by atoms with Crippen LogP contribution in [0.3, 0.4) is 0 Å². The standard InChI is InChI=1S/C8H5BrF2O2S/c9-4-7(12)5-1-2-6(10)8(3-5)13-14-11/h1-3H,4H2. The fourth-order valence-electron chi connectivity index (χ4n) is 0.852. The molecule has 0 aromatic heterocycles. The van der Waals surface area contributed by atoms with Crippen LogP contribution in [0, 0.1) is 5.82 Å². The third kappa shape index (κ3) is 2.68.